The molecule has 0 spiro atoms. The van der Waals surface area contributed by atoms with Crippen LogP contribution in [0.25, 0.3) is 10.9 Å². The van der Waals surface area contributed by atoms with Crippen molar-refractivity contribution in [3.8, 4) is 0 Å². The normalized spacial score (nSPS) is 11.6. The third-order valence-corrected chi connectivity index (χ3v) is 5.15. The maximum Gasteiger partial charge on any atom is 0.417 e. The highest BCUT2D eigenvalue weighted by Gasteiger charge is 2.33. The monoisotopic (exact) mass is 420 g/mol. The Kier molecular flexibility index (Phi) is 6.76. The lowest BCUT2D eigenvalue weighted by Crippen LogP contribution is -2.25. The van der Waals surface area contributed by atoms with E-state index >= 15 is 0 Å². The number of fused-ring (bicyclic) bond motifs is 1. The Bertz CT molecular complexity index is 1010. The number of alkyl halides is 3. The molecule has 4 nitrogen and oxygen atoms in total. The highest BCUT2D eigenvalue weighted by Crippen LogP contribution is 2.39. The summed E-state index contributed by atoms with van der Waals surface area (Å²) in [5, 5.41) is 3.78. The van der Waals surface area contributed by atoms with E-state index in [9.17, 15) is 18.0 Å². The third kappa shape index (κ3) is 5.27. The predicted molar refractivity (Wildman–Crippen MR) is 106 cm³/mol. The van der Waals surface area contributed by atoms with E-state index in [1.165, 1.54) is 18.2 Å². The Labute approximate surface area is 170 Å². The van der Waals surface area contributed by atoms with Crippen molar-refractivity contribution in [2.24, 2.45) is 0 Å². The summed E-state index contributed by atoms with van der Waals surface area (Å²) in [6.45, 7) is 0.954. The first kappa shape index (κ1) is 21.1. The Balaban J connectivity index is 1.95. The molecule has 1 heterocycles. The second-order valence-electron chi connectivity index (χ2n) is 6.22. The highest BCUT2D eigenvalue weighted by atomic mass is 32.2. The summed E-state index contributed by atoms with van der Waals surface area (Å²) >= 11 is 0.888. The number of pyridine rings is 1. The summed E-state index contributed by atoms with van der Waals surface area (Å²) in [7, 11) is 1.58. The Hall–Kier alpha value is -2.58. The number of halogens is 3. The molecule has 8 heteroatoms. The first-order valence-corrected chi connectivity index (χ1v) is 9.73. The van der Waals surface area contributed by atoms with Crippen molar-refractivity contribution >= 4 is 28.6 Å². The van der Waals surface area contributed by atoms with Crippen LogP contribution in [0, 0.1) is 0 Å². The fourth-order valence-corrected chi connectivity index (χ4v) is 3.79. The van der Waals surface area contributed by atoms with E-state index in [1.807, 2.05) is 0 Å². The van der Waals surface area contributed by atoms with E-state index in [4.69, 9.17) is 4.74 Å². The average molecular weight is 420 g/mol. The van der Waals surface area contributed by atoms with Crippen molar-refractivity contribution in [3.63, 3.8) is 0 Å². The topological polar surface area (TPSA) is 51.2 Å². The van der Waals surface area contributed by atoms with E-state index < -0.39 is 11.7 Å². The van der Waals surface area contributed by atoms with Gasteiger partial charge in [0.15, 0.2) is 0 Å². The number of carbonyl (C=O) groups excluding carboxylic acids is 1. The number of aromatic nitrogens is 1. The van der Waals surface area contributed by atoms with Gasteiger partial charge in [-0.15, -0.1) is 0 Å². The van der Waals surface area contributed by atoms with E-state index in [1.54, 1.807) is 37.4 Å². The SMILES string of the molecule is COCCCNC(=O)c1cc(Sc2ccccc2C(F)(F)F)nc2ccccc12. The van der Waals surface area contributed by atoms with Gasteiger partial charge in [0.05, 0.1) is 16.6 Å². The number of hydrogen-bond donors (Lipinski definition) is 1. The Morgan fingerprint density at radius 1 is 1.14 bits per heavy atom. The van der Waals surface area contributed by atoms with Gasteiger partial charge in [-0.25, -0.2) is 4.98 Å². The molecule has 152 valence electrons. The van der Waals surface area contributed by atoms with Gasteiger partial charge in [0, 0.05) is 30.5 Å². The molecule has 3 aromatic rings. The molecule has 3 rings (SSSR count). The molecule has 0 radical (unpaired) electrons. The molecular weight excluding hydrogens is 401 g/mol. The van der Waals surface area contributed by atoms with E-state index in [2.05, 4.69) is 10.3 Å². The minimum atomic E-state index is -4.47. The summed E-state index contributed by atoms with van der Waals surface area (Å²) in [5.41, 5.74) is 0.189. The fourth-order valence-electron chi connectivity index (χ4n) is 2.81. The molecule has 0 saturated heterocycles. The second-order valence-corrected chi connectivity index (χ2v) is 7.29. The molecule has 0 aliphatic rings. The maximum atomic E-state index is 13.3. The Morgan fingerprint density at radius 3 is 2.62 bits per heavy atom. The highest BCUT2D eigenvalue weighted by molar-refractivity contribution is 7.99. The van der Waals surface area contributed by atoms with Gasteiger partial charge in [-0.1, -0.05) is 42.1 Å². The summed E-state index contributed by atoms with van der Waals surface area (Å²) in [4.78, 5) is 17.2. The van der Waals surface area contributed by atoms with Crippen LogP contribution >= 0.6 is 11.8 Å². The van der Waals surface area contributed by atoms with Crippen LogP contribution in [0.3, 0.4) is 0 Å². The first-order valence-electron chi connectivity index (χ1n) is 8.91. The standard InChI is InChI=1S/C21H19F3N2O2S/c1-28-12-6-11-25-20(27)15-13-19(26-17-9-4-2-7-14(15)17)29-18-10-5-3-8-16(18)21(22,23)24/h2-5,7-10,13H,6,11-12H2,1H3,(H,25,27). The van der Waals surface area contributed by atoms with Gasteiger partial charge in [0.2, 0.25) is 0 Å². The predicted octanol–water partition coefficient (Wildman–Crippen LogP) is 5.17. The van der Waals surface area contributed by atoms with Gasteiger partial charge in [0.25, 0.3) is 5.91 Å². The maximum absolute atomic E-state index is 13.3. The molecule has 0 atom stereocenters. The van der Waals surface area contributed by atoms with Gasteiger partial charge < -0.3 is 10.1 Å². The number of rotatable bonds is 7. The molecule has 0 saturated carbocycles. The average Bonchev–Trinajstić information content (AvgIpc) is 2.70. The number of carbonyl (C=O) groups is 1. The molecule has 0 fully saturated rings. The Morgan fingerprint density at radius 2 is 1.86 bits per heavy atom. The largest absolute Gasteiger partial charge is 0.417 e. The van der Waals surface area contributed by atoms with Crippen molar-refractivity contribution in [2.75, 3.05) is 20.3 Å². The minimum Gasteiger partial charge on any atom is -0.385 e. The van der Waals surface area contributed by atoms with Crippen LogP contribution < -0.4 is 5.32 Å². The number of methoxy groups -OCH3 is 1. The quantitative estimate of drug-likeness (QED) is 0.536. The van der Waals surface area contributed by atoms with E-state index in [0.29, 0.717) is 41.1 Å². The van der Waals surface area contributed by atoms with Gasteiger partial charge in [-0.2, -0.15) is 13.2 Å². The minimum absolute atomic E-state index is 0.0363. The molecule has 0 bridgehead atoms. The smallest absolute Gasteiger partial charge is 0.385 e. The third-order valence-electron chi connectivity index (χ3n) is 4.16. The van der Waals surface area contributed by atoms with Gasteiger partial charge in [-0.05, 0) is 30.7 Å². The van der Waals surface area contributed by atoms with Crippen molar-refractivity contribution < 1.29 is 22.7 Å². The van der Waals surface area contributed by atoms with E-state index in [-0.39, 0.29) is 10.8 Å². The molecular formula is C21H19F3N2O2S. The zero-order valence-corrected chi connectivity index (χ0v) is 16.4. The van der Waals surface area contributed by atoms with Crippen LogP contribution in [0.15, 0.2) is 64.5 Å². The van der Waals surface area contributed by atoms with Crippen molar-refractivity contribution in [2.45, 2.75) is 22.5 Å². The molecule has 1 aromatic heterocycles. The molecule has 0 unspecified atom stereocenters. The molecule has 2 aromatic carbocycles. The fraction of sp³-hybridized carbons (Fsp3) is 0.238. The van der Waals surface area contributed by atoms with Crippen molar-refractivity contribution in [1.82, 2.24) is 10.3 Å². The zero-order valence-electron chi connectivity index (χ0n) is 15.6. The number of nitrogens with zero attached hydrogens (tertiary/aromatic N) is 1. The number of nitrogens with one attached hydrogen (secondary N) is 1. The molecule has 0 aliphatic carbocycles. The van der Waals surface area contributed by atoms with Gasteiger partial charge in [0.1, 0.15) is 5.03 Å². The lowest BCUT2D eigenvalue weighted by molar-refractivity contribution is -0.139. The summed E-state index contributed by atoms with van der Waals surface area (Å²) in [6.07, 6.45) is -3.81. The summed E-state index contributed by atoms with van der Waals surface area (Å²) < 4.78 is 44.9. The van der Waals surface area contributed by atoms with Crippen LogP contribution in [0.1, 0.15) is 22.3 Å². The lowest BCUT2D eigenvalue weighted by Gasteiger charge is -2.13. The first-order chi connectivity index (χ1) is 13.9. The second kappa shape index (κ2) is 9.28. The molecule has 29 heavy (non-hydrogen) atoms. The summed E-state index contributed by atoms with van der Waals surface area (Å²) in [5.74, 6) is -0.300. The zero-order chi connectivity index (χ0) is 20.9. The number of para-hydroxylation sites is 1. The molecule has 0 aliphatic heterocycles. The van der Waals surface area contributed by atoms with Crippen LogP contribution in [0.5, 0.6) is 0 Å². The van der Waals surface area contributed by atoms with Crippen LogP contribution in [0.4, 0.5) is 13.2 Å². The van der Waals surface area contributed by atoms with Crippen LogP contribution in [-0.2, 0) is 10.9 Å². The number of amides is 1. The lowest BCUT2D eigenvalue weighted by atomic mass is 10.1. The summed E-state index contributed by atoms with van der Waals surface area (Å²) in [6, 6.07) is 13.9. The van der Waals surface area contributed by atoms with Crippen molar-refractivity contribution in [3.05, 3.63) is 65.7 Å². The number of hydrogen-bond acceptors (Lipinski definition) is 4. The molecule has 1 amide bonds. The van der Waals surface area contributed by atoms with Crippen LogP contribution in [0.2, 0.25) is 0 Å². The number of benzene rings is 2. The molecule has 1 N–H and O–H groups in total. The van der Waals surface area contributed by atoms with E-state index in [0.717, 1.165) is 17.8 Å². The van der Waals surface area contributed by atoms with Crippen LogP contribution in [-0.4, -0.2) is 31.2 Å². The number of ether oxygens (including phenoxy) is 1. The van der Waals surface area contributed by atoms with Gasteiger partial charge in [-0.3, -0.25) is 4.79 Å². The van der Waals surface area contributed by atoms with Gasteiger partial charge >= 0.3 is 6.18 Å². The van der Waals surface area contributed by atoms with Crippen molar-refractivity contribution in [1.29, 1.82) is 0 Å².